The van der Waals surface area contributed by atoms with Crippen molar-refractivity contribution in [3.63, 3.8) is 0 Å². The maximum absolute atomic E-state index is 11.9. The molecule has 15 heavy (non-hydrogen) atoms. The molecule has 1 aliphatic rings. The fourth-order valence-electron chi connectivity index (χ4n) is 2.19. The second-order valence-corrected chi connectivity index (χ2v) is 4.93. The van der Waals surface area contributed by atoms with Gasteiger partial charge in [0.05, 0.1) is 0 Å². The number of Topliss-reactive ketones (excluding diaryl/α,β-unsaturated/α-hetero) is 2. The minimum absolute atomic E-state index is 0.434. The Morgan fingerprint density at radius 1 is 0.867 bits per heavy atom. The zero-order valence-corrected chi connectivity index (χ0v) is 10.1. The first kappa shape index (κ1) is 12.3. The van der Waals surface area contributed by atoms with Crippen LogP contribution in [0.2, 0.25) is 0 Å². The van der Waals surface area contributed by atoms with Crippen LogP contribution < -0.4 is 0 Å². The van der Waals surface area contributed by atoms with Crippen molar-refractivity contribution >= 4 is 11.6 Å². The summed E-state index contributed by atoms with van der Waals surface area (Å²) in [5.74, 6) is -2.48. The molecule has 0 heterocycles. The summed E-state index contributed by atoms with van der Waals surface area (Å²) in [7, 11) is 2.77. The van der Waals surface area contributed by atoms with Gasteiger partial charge in [-0.15, -0.1) is 0 Å². The van der Waals surface area contributed by atoms with Crippen LogP contribution in [0.5, 0.6) is 0 Å². The zero-order chi connectivity index (χ0) is 12.1. The van der Waals surface area contributed by atoms with E-state index in [-0.39, 0.29) is 0 Å². The standard InChI is InChI=1S/C11H18O4/c1-9(2)7(12)8(13)11(14-5,15-6)10(9,3)4/h1-6H3. The second kappa shape index (κ2) is 3.12. The fraction of sp³-hybridized carbons (Fsp3) is 0.818. The van der Waals surface area contributed by atoms with Gasteiger partial charge in [-0.1, -0.05) is 27.7 Å². The summed E-state index contributed by atoms with van der Waals surface area (Å²) in [6, 6.07) is 0. The van der Waals surface area contributed by atoms with Crippen LogP contribution in [0, 0.1) is 10.8 Å². The highest BCUT2D eigenvalue weighted by Crippen LogP contribution is 2.55. The van der Waals surface area contributed by atoms with Crippen LogP contribution in [0.25, 0.3) is 0 Å². The summed E-state index contributed by atoms with van der Waals surface area (Å²) in [6.45, 7) is 7.10. The lowest BCUT2D eigenvalue weighted by Crippen LogP contribution is -2.52. The molecule has 0 amide bonds. The highest BCUT2D eigenvalue weighted by Gasteiger charge is 2.70. The molecule has 0 spiro atoms. The molecule has 4 nitrogen and oxygen atoms in total. The van der Waals surface area contributed by atoms with Gasteiger partial charge in [0.15, 0.2) is 0 Å². The van der Waals surface area contributed by atoms with Gasteiger partial charge in [-0.25, -0.2) is 0 Å². The van der Waals surface area contributed by atoms with Crippen LogP contribution in [0.15, 0.2) is 0 Å². The Balaban J connectivity index is 3.45. The van der Waals surface area contributed by atoms with Gasteiger partial charge in [0.25, 0.3) is 5.78 Å². The highest BCUT2D eigenvalue weighted by atomic mass is 16.7. The number of methoxy groups -OCH3 is 2. The number of carbonyl (C=O) groups is 2. The molecule has 4 heteroatoms. The molecule has 0 unspecified atom stereocenters. The van der Waals surface area contributed by atoms with E-state index < -0.39 is 28.2 Å². The summed E-state index contributed by atoms with van der Waals surface area (Å²) in [4.78, 5) is 23.8. The van der Waals surface area contributed by atoms with Gasteiger partial charge in [0.2, 0.25) is 11.6 Å². The average Bonchev–Trinajstić information content (AvgIpc) is 2.26. The van der Waals surface area contributed by atoms with Crippen molar-refractivity contribution in [1.29, 1.82) is 0 Å². The normalized spacial score (nSPS) is 27.1. The molecule has 0 atom stereocenters. The van der Waals surface area contributed by atoms with E-state index in [2.05, 4.69) is 0 Å². The van der Waals surface area contributed by atoms with E-state index in [9.17, 15) is 9.59 Å². The summed E-state index contributed by atoms with van der Waals surface area (Å²) in [5.41, 5.74) is -1.48. The maximum Gasteiger partial charge on any atom is 0.258 e. The van der Waals surface area contributed by atoms with Crippen LogP contribution in [0.4, 0.5) is 0 Å². The topological polar surface area (TPSA) is 52.6 Å². The Kier molecular flexibility index (Phi) is 2.57. The van der Waals surface area contributed by atoms with Gasteiger partial charge in [0, 0.05) is 25.0 Å². The molecule has 0 aromatic carbocycles. The van der Waals surface area contributed by atoms with Crippen molar-refractivity contribution in [3.05, 3.63) is 0 Å². The van der Waals surface area contributed by atoms with Crippen molar-refractivity contribution in [2.24, 2.45) is 10.8 Å². The van der Waals surface area contributed by atoms with Crippen LogP contribution in [0.1, 0.15) is 27.7 Å². The predicted molar refractivity (Wildman–Crippen MR) is 54.3 cm³/mol. The van der Waals surface area contributed by atoms with Crippen molar-refractivity contribution in [2.45, 2.75) is 33.5 Å². The lowest BCUT2D eigenvalue weighted by atomic mass is 9.68. The molecular weight excluding hydrogens is 196 g/mol. The third-order valence-corrected chi connectivity index (χ3v) is 4.03. The summed E-state index contributed by atoms with van der Waals surface area (Å²) < 4.78 is 10.4. The van der Waals surface area contributed by atoms with Gasteiger partial charge in [-0.05, 0) is 0 Å². The first-order valence-electron chi connectivity index (χ1n) is 4.88. The third kappa shape index (κ3) is 1.09. The Bertz CT molecular complexity index is 311. The monoisotopic (exact) mass is 214 g/mol. The number of hydrogen-bond donors (Lipinski definition) is 0. The molecule has 1 saturated carbocycles. The number of rotatable bonds is 2. The molecule has 86 valence electrons. The Morgan fingerprint density at radius 2 is 1.27 bits per heavy atom. The van der Waals surface area contributed by atoms with Gasteiger partial charge >= 0.3 is 0 Å². The van der Waals surface area contributed by atoms with Crippen LogP contribution >= 0.6 is 0 Å². The van der Waals surface area contributed by atoms with Gasteiger partial charge in [0.1, 0.15) is 0 Å². The minimum atomic E-state index is -1.45. The SMILES string of the molecule is COC1(OC)C(=O)C(=O)C(C)(C)C1(C)C. The molecule has 0 N–H and O–H groups in total. The Hall–Kier alpha value is -0.740. The third-order valence-electron chi connectivity index (χ3n) is 4.03. The molecule has 0 bridgehead atoms. The molecule has 1 fully saturated rings. The maximum atomic E-state index is 11.9. The second-order valence-electron chi connectivity index (χ2n) is 4.93. The number of ether oxygens (including phenoxy) is 2. The molecule has 1 rings (SSSR count). The number of hydrogen-bond acceptors (Lipinski definition) is 4. The molecule has 0 saturated heterocycles. The van der Waals surface area contributed by atoms with Crippen LogP contribution in [-0.2, 0) is 19.1 Å². The highest BCUT2D eigenvalue weighted by molar-refractivity contribution is 6.44. The molecular formula is C11H18O4. The van der Waals surface area contributed by atoms with Gasteiger partial charge < -0.3 is 9.47 Å². The van der Waals surface area contributed by atoms with Crippen LogP contribution in [-0.4, -0.2) is 31.6 Å². The molecule has 0 radical (unpaired) electrons. The summed E-state index contributed by atoms with van der Waals surface area (Å²) >= 11 is 0. The quantitative estimate of drug-likeness (QED) is 0.511. The van der Waals surface area contributed by atoms with Crippen molar-refractivity contribution in [1.82, 2.24) is 0 Å². The predicted octanol–water partition coefficient (Wildman–Crippen LogP) is 1.18. The first-order valence-corrected chi connectivity index (χ1v) is 4.88. The smallest absolute Gasteiger partial charge is 0.258 e. The molecule has 0 aliphatic heterocycles. The average molecular weight is 214 g/mol. The molecule has 0 aromatic heterocycles. The van der Waals surface area contributed by atoms with E-state index in [1.165, 1.54) is 14.2 Å². The van der Waals surface area contributed by atoms with Crippen molar-refractivity contribution in [2.75, 3.05) is 14.2 Å². The lowest BCUT2D eigenvalue weighted by Gasteiger charge is -2.42. The van der Waals surface area contributed by atoms with E-state index >= 15 is 0 Å². The molecule has 1 aliphatic carbocycles. The fourth-order valence-corrected chi connectivity index (χ4v) is 2.19. The lowest BCUT2D eigenvalue weighted by molar-refractivity contribution is -0.252. The van der Waals surface area contributed by atoms with E-state index in [1.54, 1.807) is 13.8 Å². The number of ketones is 2. The van der Waals surface area contributed by atoms with Crippen LogP contribution in [0.3, 0.4) is 0 Å². The van der Waals surface area contributed by atoms with Crippen molar-refractivity contribution < 1.29 is 19.1 Å². The Labute approximate surface area is 89.9 Å². The minimum Gasteiger partial charge on any atom is -0.346 e. The zero-order valence-electron chi connectivity index (χ0n) is 10.1. The Morgan fingerprint density at radius 3 is 1.40 bits per heavy atom. The largest absolute Gasteiger partial charge is 0.346 e. The summed E-state index contributed by atoms with van der Waals surface area (Å²) in [5, 5.41) is 0. The van der Waals surface area contributed by atoms with Gasteiger partial charge in [-0.2, -0.15) is 0 Å². The summed E-state index contributed by atoms with van der Waals surface area (Å²) in [6.07, 6.45) is 0. The van der Waals surface area contributed by atoms with E-state index in [1.807, 2.05) is 13.8 Å². The van der Waals surface area contributed by atoms with E-state index in [0.717, 1.165) is 0 Å². The van der Waals surface area contributed by atoms with Crippen molar-refractivity contribution in [3.8, 4) is 0 Å². The first-order chi connectivity index (χ1) is 6.69. The van der Waals surface area contributed by atoms with E-state index in [0.29, 0.717) is 0 Å². The van der Waals surface area contributed by atoms with E-state index in [4.69, 9.17) is 9.47 Å². The van der Waals surface area contributed by atoms with Gasteiger partial charge in [-0.3, -0.25) is 9.59 Å². The number of carbonyl (C=O) groups excluding carboxylic acids is 2. The molecule has 0 aromatic rings.